The Morgan fingerprint density at radius 2 is 2.15 bits per heavy atom. The van der Waals surface area contributed by atoms with Crippen LogP contribution in [0.4, 0.5) is 5.69 Å². The standard InChI is InChI=1S/C16H16N2O2/c1-11-5-6-15(13(8-11)4-3-7-17)18-16(19)14-9-12(2)20-10-14/h5-6,8-10H,7,17H2,1-2H3,(H,18,19). The number of nitrogens with one attached hydrogen (secondary N) is 1. The summed E-state index contributed by atoms with van der Waals surface area (Å²) in [6, 6.07) is 7.36. The number of hydrogen-bond donors (Lipinski definition) is 2. The average Bonchev–Trinajstić information content (AvgIpc) is 2.85. The van der Waals surface area contributed by atoms with Crippen molar-refractivity contribution in [1.82, 2.24) is 0 Å². The molecule has 4 nitrogen and oxygen atoms in total. The van der Waals surface area contributed by atoms with Crippen LogP contribution >= 0.6 is 0 Å². The first-order valence-corrected chi connectivity index (χ1v) is 6.26. The van der Waals surface area contributed by atoms with Crippen LogP contribution in [0, 0.1) is 25.7 Å². The molecule has 0 saturated heterocycles. The molecule has 2 aromatic rings. The SMILES string of the molecule is Cc1ccc(NC(=O)c2coc(C)c2)c(C#CCN)c1. The Kier molecular flexibility index (Phi) is 4.24. The average molecular weight is 268 g/mol. The van der Waals surface area contributed by atoms with E-state index in [2.05, 4.69) is 17.2 Å². The summed E-state index contributed by atoms with van der Waals surface area (Å²) in [5.74, 6) is 6.24. The summed E-state index contributed by atoms with van der Waals surface area (Å²) in [5.41, 5.74) is 8.37. The zero-order valence-electron chi connectivity index (χ0n) is 11.5. The number of hydrogen-bond acceptors (Lipinski definition) is 3. The summed E-state index contributed by atoms with van der Waals surface area (Å²) < 4.78 is 5.13. The second kappa shape index (κ2) is 6.09. The molecule has 0 spiro atoms. The van der Waals surface area contributed by atoms with E-state index < -0.39 is 0 Å². The minimum absolute atomic E-state index is 0.221. The second-order valence-electron chi connectivity index (χ2n) is 4.46. The van der Waals surface area contributed by atoms with E-state index in [1.54, 1.807) is 13.0 Å². The van der Waals surface area contributed by atoms with Gasteiger partial charge in [-0.05, 0) is 37.6 Å². The lowest BCUT2D eigenvalue weighted by molar-refractivity contribution is 0.102. The van der Waals surface area contributed by atoms with Gasteiger partial charge in [-0.15, -0.1) is 0 Å². The number of carbonyl (C=O) groups excluding carboxylic acids is 1. The van der Waals surface area contributed by atoms with E-state index >= 15 is 0 Å². The largest absolute Gasteiger partial charge is 0.469 e. The maximum atomic E-state index is 12.1. The van der Waals surface area contributed by atoms with Gasteiger partial charge >= 0.3 is 0 Å². The van der Waals surface area contributed by atoms with Crippen LogP contribution in [0.2, 0.25) is 0 Å². The van der Waals surface area contributed by atoms with Gasteiger partial charge < -0.3 is 15.5 Å². The third kappa shape index (κ3) is 3.28. The zero-order valence-corrected chi connectivity index (χ0v) is 11.5. The van der Waals surface area contributed by atoms with E-state index in [1.165, 1.54) is 6.26 Å². The molecule has 3 N–H and O–H groups in total. The molecule has 0 atom stereocenters. The van der Waals surface area contributed by atoms with Crippen LogP contribution in [0.15, 0.2) is 34.9 Å². The molecule has 1 amide bonds. The minimum Gasteiger partial charge on any atom is -0.469 e. The fraction of sp³-hybridized carbons (Fsp3) is 0.188. The molecule has 1 aromatic carbocycles. The number of carbonyl (C=O) groups is 1. The highest BCUT2D eigenvalue weighted by atomic mass is 16.3. The highest BCUT2D eigenvalue weighted by Crippen LogP contribution is 2.18. The van der Waals surface area contributed by atoms with Gasteiger partial charge in [0.15, 0.2) is 0 Å². The quantitative estimate of drug-likeness (QED) is 0.822. The first kappa shape index (κ1) is 13.9. The van der Waals surface area contributed by atoms with Crippen molar-refractivity contribution in [2.75, 3.05) is 11.9 Å². The van der Waals surface area contributed by atoms with E-state index in [0.29, 0.717) is 17.0 Å². The molecule has 0 saturated carbocycles. The van der Waals surface area contributed by atoms with Gasteiger partial charge in [-0.2, -0.15) is 0 Å². The van der Waals surface area contributed by atoms with Crippen LogP contribution < -0.4 is 11.1 Å². The van der Waals surface area contributed by atoms with Crippen LogP contribution in [0.5, 0.6) is 0 Å². The van der Waals surface area contributed by atoms with Gasteiger partial charge in [-0.1, -0.05) is 17.9 Å². The Hall–Kier alpha value is -2.51. The van der Waals surface area contributed by atoms with Crippen LogP contribution in [0.3, 0.4) is 0 Å². The fourth-order valence-electron chi connectivity index (χ4n) is 1.77. The number of nitrogens with two attached hydrogens (primary N) is 1. The Morgan fingerprint density at radius 3 is 2.80 bits per heavy atom. The van der Waals surface area contributed by atoms with Crippen LogP contribution in [-0.4, -0.2) is 12.5 Å². The second-order valence-corrected chi connectivity index (χ2v) is 4.46. The van der Waals surface area contributed by atoms with E-state index in [9.17, 15) is 4.79 Å². The van der Waals surface area contributed by atoms with Crippen molar-refractivity contribution in [2.45, 2.75) is 13.8 Å². The number of rotatable bonds is 2. The van der Waals surface area contributed by atoms with Gasteiger partial charge in [0.2, 0.25) is 0 Å². The van der Waals surface area contributed by atoms with Crippen LogP contribution in [-0.2, 0) is 0 Å². The molecule has 102 valence electrons. The van der Waals surface area contributed by atoms with Crippen molar-refractivity contribution < 1.29 is 9.21 Å². The summed E-state index contributed by atoms with van der Waals surface area (Å²) in [7, 11) is 0. The van der Waals surface area contributed by atoms with Crippen molar-refractivity contribution in [3.8, 4) is 11.8 Å². The lowest BCUT2D eigenvalue weighted by atomic mass is 10.1. The maximum Gasteiger partial charge on any atom is 0.258 e. The molecule has 0 fully saturated rings. The number of furan rings is 1. The molecule has 0 aliphatic rings. The molecule has 0 radical (unpaired) electrons. The number of aryl methyl sites for hydroxylation is 2. The third-order valence-corrected chi connectivity index (χ3v) is 2.74. The number of anilines is 1. The Bertz CT molecular complexity index is 690. The topological polar surface area (TPSA) is 68.3 Å². The molecule has 0 unspecified atom stereocenters. The van der Waals surface area contributed by atoms with Gasteiger partial charge in [0.25, 0.3) is 5.91 Å². The summed E-state index contributed by atoms with van der Waals surface area (Å²) >= 11 is 0. The normalized spacial score (nSPS) is 9.75. The molecule has 0 aliphatic carbocycles. The maximum absolute atomic E-state index is 12.1. The lowest BCUT2D eigenvalue weighted by Crippen LogP contribution is -2.12. The molecule has 2 rings (SSSR count). The summed E-state index contributed by atoms with van der Waals surface area (Å²) in [4.78, 5) is 12.1. The Morgan fingerprint density at radius 1 is 1.35 bits per heavy atom. The molecule has 0 bridgehead atoms. The molecule has 0 aliphatic heterocycles. The van der Waals surface area contributed by atoms with Gasteiger partial charge in [-0.3, -0.25) is 4.79 Å². The van der Waals surface area contributed by atoms with Crippen LogP contribution in [0.25, 0.3) is 0 Å². The highest BCUT2D eigenvalue weighted by molar-refractivity contribution is 6.04. The Balaban J connectivity index is 2.26. The Labute approximate surface area is 118 Å². The van der Waals surface area contributed by atoms with Gasteiger partial charge in [-0.25, -0.2) is 0 Å². The monoisotopic (exact) mass is 268 g/mol. The molecular formula is C16H16N2O2. The van der Waals surface area contributed by atoms with E-state index in [0.717, 1.165) is 11.1 Å². The van der Waals surface area contributed by atoms with Crippen molar-refractivity contribution in [3.63, 3.8) is 0 Å². The zero-order chi connectivity index (χ0) is 14.5. The molecule has 20 heavy (non-hydrogen) atoms. The predicted octanol–water partition coefficient (Wildman–Crippen LogP) is 2.46. The third-order valence-electron chi connectivity index (χ3n) is 2.74. The predicted molar refractivity (Wildman–Crippen MR) is 78.5 cm³/mol. The van der Waals surface area contributed by atoms with Gasteiger partial charge in [0.05, 0.1) is 17.8 Å². The van der Waals surface area contributed by atoms with Crippen molar-refractivity contribution >= 4 is 11.6 Å². The van der Waals surface area contributed by atoms with Crippen molar-refractivity contribution in [2.24, 2.45) is 5.73 Å². The number of benzene rings is 1. The highest BCUT2D eigenvalue weighted by Gasteiger charge is 2.10. The summed E-state index contributed by atoms with van der Waals surface area (Å²) in [5, 5.41) is 2.83. The molecular weight excluding hydrogens is 252 g/mol. The smallest absolute Gasteiger partial charge is 0.258 e. The molecule has 4 heteroatoms. The molecule has 1 heterocycles. The van der Waals surface area contributed by atoms with Crippen molar-refractivity contribution in [1.29, 1.82) is 0 Å². The lowest BCUT2D eigenvalue weighted by Gasteiger charge is -2.07. The number of amides is 1. The summed E-state index contributed by atoms with van der Waals surface area (Å²) in [6.45, 7) is 4.04. The van der Waals surface area contributed by atoms with E-state index in [4.69, 9.17) is 10.2 Å². The minimum atomic E-state index is -0.221. The van der Waals surface area contributed by atoms with E-state index in [-0.39, 0.29) is 12.5 Å². The van der Waals surface area contributed by atoms with Gasteiger partial charge in [0, 0.05) is 5.56 Å². The van der Waals surface area contributed by atoms with Gasteiger partial charge in [0.1, 0.15) is 12.0 Å². The molecule has 1 aromatic heterocycles. The summed E-state index contributed by atoms with van der Waals surface area (Å²) in [6.07, 6.45) is 1.43. The first-order chi connectivity index (χ1) is 9.60. The van der Waals surface area contributed by atoms with E-state index in [1.807, 2.05) is 25.1 Å². The van der Waals surface area contributed by atoms with Crippen LogP contribution in [0.1, 0.15) is 27.2 Å². The first-order valence-electron chi connectivity index (χ1n) is 6.26. The van der Waals surface area contributed by atoms with Crippen molar-refractivity contribution in [3.05, 3.63) is 53.0 Å². The fourth-order valence-corrected chi connectivity index (χ4v) is 1.77.